The van der Waals surface area contributed by atoms with Crippen molar-refractivity contribution in [1.29, 1.82) is 0 Å². The van der Waals surface area contributed by atoms with Crippen LogP contribution in [-0.2, 0) is 9.59 Å². The minimum atomic E-state index is -0.970. The molecule has 0 saturated carbocycles. The third-order valence-corrected chi connectivity index (χ3v) is 2.61. The molecule has 1 aromatic heterocycles. The molecule has 0 spiro atoms. The number of nitrogens with one attached hydrogen (secondary N) is 1. The molecule has 3 N–H and O–H groups in total. The fourth-order valence-electron chi connectivity index (χ4n) is 1.81. The van der Waals surface area contributed by atoms with Gasteiger partial charge in [-0.3, -0.25) is 14.9 Å². The third-order valence-electron chi connectivity index (χ3n) is 2.61. The Morgan fingerprint density at radius 3 is 2.94 bits per heavy atom. The number of primary amides is 1. The molecule has 0 radical (unpaired) electrons. The summed E-state index contributed by atoms with van der Waals surface area (Å²) in [6.07, 6.45) is 1.15. The Morgan fingerprint density at radius 1 is 1.50 bits per heavy atom. The highest BCUT2D eigenvalue weighted by Crippen LogP contribution is 2.26. The summed E-state index contributed by atoms with van der Waals surface area (Å²) in [5.74, 6) is -1.05. The maximum atomic E-state index is 11.7. The van der Waals surface area contributed by atoms with Gasteiger partial charge in [0.15, 0.2) is 0 Å². The summed E-state index contributed by atoms with van der Waals surface area (Å²) < 4.78 is 4.63. The average molecular weight is 249 g/mol. The first kappa shape index (κ1) is 12.0. The Kier molecular flexibility index (Phi) is 3.22. The molecule has 1 unspecified atom stereocenters. The van der Waals surface area contributed by atoms with Crippen LogP contribution in [0.5, 0.6) is 5.88 Å². The number of imide groups is 1. The molecule has 3 amide bonds. The van der Waals surface area contributed by atoms with Gasteiger partial charge in [-0.25, -0.2) is 9.78 Å². The largest absolute Gasteiger partial charge is 0.411 e. The normalized spacial score (nSPS) is 19.2. The lowest BCUT2D eigenvalue weighted by Crippen LogP contribution is -2.39. The van der Waals surface area contributed by atoms with Crippen LogP contribution in [-0.4, -0.2) is 22.9 Å². The zero-order chi connectivity index (χ0) is 13.1. The molecule has 18 heavy (non-hydrogen) atoms. The summed E-state index contributed by atoms with van der Waals surface area (Å²) in [7, 11) is 0. The van der Waals surface area contributed by atoms with Gasteiger partial charge in [0.25, 0.3) is 0 Å². The number of rotatable bonds is 2. The predicted octanol–water partition coefficient (Wildman–Crippen LogP) is 0.0593. The Balaban J connectivity index is 2.20. The number of aromatic nitrogens is 1. The maximum absolute atomic E-state index is 11.7. The van der Waals surface area contributed by atoms with Crippen LogP contribution in [0.1, 0.15) is 24.3 Å². The van der Waals surface area contributed by atoms with Crippen molar-refractivity contribution in [3.8, 4) is 5.88 Å². The smallest absolute Gasteiger partial charge is 0.391 e. The van der Waals surface area contributed by atoms with Gasteiger partial charge in [-0.05, 0) is 18.1 Å². The molecule has 0 aromatic carbocycles. The summed E-state index contributed by atoms with van der Waals surface area (Å²) in [5, 5.41) is 2.26. The van der Waals surface area contributed by atoms with Gasteiger partial charge in [-0.1, -0.05) is 0 Å². The third kappa shape index (κ3) is 2.62. The average Bonchev–Trinajstić information content (AvgIpc) is 2.28. The Hall–Kier alpha value is -2.44. The van der Waals surface area contributed by atoms with Crippen molar-refractivity contribution in [3.05, 3.63) is 23.9 Å². The molecule has 7 nitrogen and oxygen atoms in total. The van der Waals surface area contributed by atoms with E-state index in [2.05, 4.69) is 15.0 Å². The molecule has 0 bridgehead atoms. The number of hydrogen-bond acceptors (Lipinski definition) is 5. The van der Waals surface area contributed by atoms with Gasteiger partial charge < -0.3 is 10.5 Å². The molecule has 2 heterocycles. The fourth-order valence-corrected chi connectivity index (χ4v) is 1.81. The van der Waals surface area contributed by atoms with Crippen LogP contribution in [0, 0.1) is 0 Å². The zero-order valence-corrected chi connectivity index (χ0v) is 9.38. The second kappa shape index (κ2) is 4.82. The molecule has 1 saturated heterocycles. The van der Waals surface area contributed by atoms with Crippen LogP contribution in [0.25, 0.3) is 0 Å². The van der Waals surface area contributed by atoms with Gasteiger partial charge in [0, 0.05) is 18.7 Å². The number of piperidine rings is 1. The van der Waals surface area contributed by atoms with Crippen molar-refractivity contribution < 1.29 is 19.1 Å². The van der Waals surface area contributed by atoms with Crippen LogP contribution in [0.4, 0.5) is 4.79 Å². The lowest BCUT2D eigenvalue weighted by atomic mass is 9.91. The Bertz CT molecular complexity index is 515. The quantitative estimate of drug-likeness (QED) is 0.720. The van der Waals surface area contributed by atoms with E-state index in [4.69, 9.17) is 5.73 Å². The van der Waals surface area contributed by atoms with Crippen molar-refractivity contribution in [2.45, 2.75) is 18.8 Å². The summed E-state index contributed by atoms with van der Waals surface area (Å²) in [6.45, 7) is 0. The van der Waals surface area contributed by atoms with Crippen molar-refractivity contribution in [2.24, 2.45) is 5.73 Å². The standard InChI is InChI=1S/C11H11N3O4/c12-11(17)18-9-5-6(3-4-13-9)7-1-2-8(15)14-10(7)16/h3-5,7H,1-2H2,(H2,12,17)(H,14,15,16). The Labute approximate surface area is 102 Å². The molecule has 0 aliphatic carbocycles. The molecular formula is C11H11N3O4. The molecule has 1 atom stereocenters. The maximum Gasteiger partial charge on any atom is 0.411 e. The van der Waals surface area contributed by atoms with Crippen molar-refractivity contribution in [3.63, 3.8) is 0 Å². The second-order valence-corrected chi connectivity index (χ2v) is 3.85. The summed E-state index contributed by atoms with van der Waals surface area (Å²) in [6, 6.07) is 3.10. The van der Waals surface area contributed by atoms with E-state index in [1.807, 2.05) is 0 Å². The number of carbonyl (C=O) groups is 3. The van der Waals surface area contributed by atoms with Gasteiger partial charge >= 0.3 is 6.09 Å². The molecule has 1 aromatic rings. The number of carbonyl (C=O) groups excluding carboxylic acids is 3. The van der Waals surface area contributed by atoms with Crippen LogP contribution in [0.3, 0.4) is 0 Å². The summed E-state index contributed by atoms with van der Waals surface area (Å²) >= 11 is 0. The van der Waals surface area contributed by atoms with Crippen molar-refractivity contribution in [1.82, 2.24) is 10.3 Å². The van der Waals surface area contributed by atoms with E-state index in [0.29, 0.717) is 12.0 Å². The van der Waals surface area contributed by atoms with Gasteiger partial charge in [0.1, 0.15) is 0 Å². The number of hydrogen-bond donors (Lipinski definition) is 2. The van der Waals surface area contributed by atoms with Crippen LogP contribution in [0.2, 0.25) is 0 Å². The second-order valence-electron chi connectivity index (χ2n) is 3.85. The van der Waals surface area contributed by atoms with Crippen LogP contribution in [0.15, 0.2) is 18.3 Å². The Morgan fingerprint density at radius 2 is 2.28 bits per heavy atom. The topological polar surface area (TPSA) is 111 Å². The molecular weight excluding hydrogens is 238 g/mol. The van der Waals surface area contributed by atoms with Crippen LogP contribution < -0.4 is 15.8 Å². The first-order valence-electron chi connectivity index (χ1n) is 5.33. The monoisotopic (exact) mass is 249 g/mol. The minimum absolute atomic E-state index is 0.0321. The number of nitrogens with zero attached hydrogens (tertiary/aromatic N) is 1. The fraction of sp³-hybridized carbons (Fsp3) is 0.273. The minimum Gasteiger partial charge on any atom is -0.391 e. The van der Waals surface area contributed by atoms with E-state index in [1.54, 1.807) is 6.07 Å². The van der Waals surface area contributed by atoms with Gasteiger partial charge in [0.2, 0.25) is 17.7 Å². The highest BCUT2D eigenvalue weighted by atomic mass is 16.6. The van der Waals surface area contributed by atoms with Gasteiger partial charge in [-0.15, -0.1) is 0 Å². The number of ether oxygens (including phenoxy) is 1. The lowest BCUT2D eigenvalue weighted by molar-refractivity contribution is -0.134. The highest BCUT2D eigenvalue weighted by Gasteiger charge is 2.28. The van der Waals surface area contributed by atoms with E-state index >= 15 is 0 Å². The van der Waals surface area contributed by atoms with Gasteiger partial charge in [0.05, 0.1) is 5.92 Å². The van der Waals surface area contributed by atoms with Crippen LogP contribution >= 0.6 is 0 Å². The molecule has 94 valence electrons. The van der Waals surface area contributed by atoms with E-state index in [1.165, 1.54) is 12.3 Å². The number of amides is 3. The van der Waals surface area contributed by atoms with Crippen molar-refractivity contribution >= 4 is 17.9 Å². The molecule has 7 heteroatoms. The molecule has 2 rings (SSSR count). The molecule has 1 fully saturated rings. The zero-order valence-electron chi connectivity index (χ0n) is 9.38. The van der Waals surface area contributed by atoms with E-state index in [9.17, 15) is 14.4 Å². The SMILES string of the molecule is NC(=O)Oc1cc(C2CCC(=O)NC2=O)ccn1. The van der Waals surface area contributed by atoms with E-state index in [0.717, 1.165) is 0 Å². The summed E-state index contributed by atoms with van der Waals surface area (Å²) in [4.78, 5) is 37.1. The lowest BCUT2D eigenvalue weighted by Gasteiger charge is -2.21. The highest BCUT2D eigenvalue weighted by molar-refractivity contribution is 6.00. The van der Waals surface area contributed by atoms with E-state index in [-0.39, 0.29) is 24.1 Å². The first-order valence-corrected chi connectivity index (χ1v) is 5.33. The first-order chi connectivity index (χ1) is 8.56. The van der Waals surface area contributed by atoms with E-state index < -0.39 is 12.0 Å². The van der Waals surface area contributed by atoms with Crippen molar-refractivity contribution in [2.75, 3.05) is 0 Å². The summed E-state index contributed by atoms with van der Waals surface area (Å²) in [5.41, 5.74) is 5.50. The van der Waals surface area contributed by atoms with Gasteiger partial charge in [-0.2, -0.15) is 0 Å². The number of nitrogens with two attached hydrogens (primary N) is 1. The molecule has 1 aliphatic heterocycles. The predicted molar refractivity (Wildman–Crippen MR) is 59.6 cm³/mol. The molecule has 1 aliphatic rings. The number of pyridine rings is 1.